The number of ether oxygens (including phenoxy) is 1. The molecule has 8 heteroatoms. The van der Waals surface area contributed by atoms with Crippen molar-refractivity contribution in [2.75, 3.05) is 12.4 Å². The second kappa shape index (κ2) is 5.44. The number of esters is 1. The van der Waals surface area contributed by atoms with E-state index in [0.717, 1.165) is 12.3 Å². The van der Waals surface area contributed by atoms with E-state index < -0.39 is 16.9 Å². The number of hydrogen-bond donors (Lipinski definition) is 1. The minimum Gasteiger partial charge on any atom is -0.467 e. The van der Waals surface area contributed by atoms with Crippen LogP contribution in [0.2, 0.25) is 5.02 Å². The summed E-state index contributed by atoms with van der Waals surface area (Å²) in [7, 11) is 1.26. The molecule has 0 aromatic carbocycles. The average molecular weight is 260 g/mol. The van der Waals surface area contributed by atoms with E-state index in [0.29, 0.717) is 0 Å². The van der Waals surface area contributed by atoms with Gasteiger partial charge in [-0.15, -0.1) is 0 Å². The maximum atomic E-state index is 11.1. The minimum atomic E-state index is -0.647. The van der Waals surface area contributed by atoms with E-state index in [9.17, 15) is 14.9 Å². The number of rotatable bonds is 4. The minimum absolute atomic E-state index is 0.0648. The average Bonchev–Trinajstić information content (AvgIpc) is 2.30. The Morgan fingerprint density at radius 2 is 2.35 bits per heavy atom. The van der Waals surface area contributed by atoms with Crippen molar-refractivity contribution in [1.82, 2.24) is 4.98 Å². The van der Waals surface area contributed by atoms with Crippen molar-refractivity contribution in [3.8, 4) is 0 Å². The summed E-state index contributed by atoms with van der Waals surface area (Å²) in [4.78, 5) is 24.8. The zero-order valence-corrected chi connectivity index (χ0v) is 9.89. The number of carbonyl (C=O) groups is 1. The molecule has 1 aromatic heterocycles. The molecule has 17 heavy (non-hydrogen) atoms. The highest BCUT2D eigenvalue weighted by Crippen LogP contribution is 2.24. The van der Waals surface area contributed by atoms with Gasteiger partial charge in [-0.1, -0.05) is 11.6 Å². The highest BCUT2D eigenvalue weighted by Gasteiger charge is 2.16. The number of nitrogens with zero attached hydrogens (tertiary/aromatic N) is 2. The van der Waals surface area contributed by atoms with Crippen LogP contribution in [-0.2, 0) is 9.53 Å². The van der Waals surface area contributed by atoms with Crippen molar-refractivity contribution in [2.24, 2.45) is 0 Å². The van der Waals surface area contributed by atoms with Gasteiger partial charge in [-0.3, -0.25) is 10.1 Å². The summed E-state index contributed by atoms with van der Waals surface area (Å²) in [5.41, 5.74) is -0.216. The maximum Gasteiger partial charge on any atom is 0.328 e. The molecular formula is C9H10ClN3O4. The van der Waals surface area contributed by atoms with Crippen LogP contribution < -0.4 is 5.32 Å². The number of aromatic nitrogens is 1. The Balaban J connectivity index is 2.86. The van der Waals surface area contributed by atoms with Crippen molar-refractivity contribution in [2.45, 2.75) is 13.0 Å². The van der Waals surface area contributed by atoms with E-state index in [1.807, 2.05) is 0 Å². The second-order valence-electron chi connectivity index (χ2n) is 3.17. The molecule has 0 amide bonds. The third-order valence-electron chi connectivity index (χ3n) is 1.95. The molecule has 0 aliphatic rings. The van der Waals surface area contributed by atoms with Crippen LogP contribution >= 0.6 is 11.6 Å². The van der Waals surface area contributed by atoms with Crippen LogP contribution in [0.25, 0.3) is 0 Å². The molecule has 92 valence electrons. The first-order valence-corrected chi connectivity index (χ1v) is 4.97. The van der Waals surface area contributed by atoms with Crippen LogP contribution in [0.5, 0.6) is 0 Å². The van der Waals surface area contributed by atoms with E-state index in [2.05, 4.69) is 15.0 Å². The van der Waals surface area contributed by atoms with Gasteiger partial charge in [-0.2, -0.15) is 0 Å². The smallest absolute Gasteiger partial charge is 0.328 e. The lowest BCUT2D eigenvalue weighted by molar-refractivity contribution is -0.385. The Bertz CT molecular complexity index is 452. The highest BCUT2D eigenvalue weighted by molar-refractivity contribution is 6.33. The molecule has 0 aliphatic heterocycles. The Labute approximate surface area is 102 Å². The first-order valence-electron chi connectivity index (χ1n) is 4.60. The van der Waals surface area contributed by atoms with Crippen molar-refractivity contribution in [1.29, 1.82) is 0 Å². The topological polar surface area (TPSA) is 94.4 Å². The zero-order valence-electron chi connectivity index (χ0n) is 9.14. The van der Waals surface area contributed by atoms with Gasteiger partial charge in [-0.05, 0) is 6.92 Å². The molecule has 0 fully saturated rings. The van der Waals surface area contributed by atoms with Gasteiger partial charge >= 0.3 is 5.97 Å². The van der Waals surface area contributed by atoms with Gasteiger partial charge in [0.25, 0.3) is 5.69 Å². The van der Waals surface area contributed by atoms with Gasteiger partial charge in [0.15, 0.2) is 0 Å². The van der Waals surface area contributed by atoms with Gasteiger partial charge in [-0.25, -0.2) is 9.78 Å². The highest BCUT2D eigenvalue weighted by atomic mass is 35.5. The summed E-state index contributed by atoms with van der Waals surface area (Å²) in [5.74, 6) is -0.295. The van der Waals surface area contributed by atoms with E-state index in [-0.39, 0.29) is 16.5 Å². The first kappa shape index (κ1) is 13.2. The molecule has 0 saturated carbocycles. The van der Waals surface area contributed by atoms with Crippen LogP contribution in [0.4, 0.5) is 11.5 Å². The number of hydrogen-bond acceptors (Lipinski definition) is 6. The van der Waals surface area contributed by atoms with Crippen LogP contribution in [0.1, 0.15) is 6.92 Å². The zero-order chi connectivity index (χ0) is 13.0. The van der Waals surface area contributed by atoms with Gasteiger partial charge in [0, 0.05) is 6.07 Å². The lowest BCUT2D eigenvalue weighted by atomic mass is 10.3. The van der Waals surface area contributed by atoms with Crippen LogP contribution in [-0.4, -0.2) is 29.0 Å². The molecule has 1 aromatic rings. The van der Waals surface area contributed by atoms with Gasteiger partial charge in [0.1, 0.15) is 18.1 Å². The fraction of sp³-hybridized carbons (Fsp3) is 0.333. The lowest BCUT2D eigenvalue weighted by Gasteiger charge is -2.12. The Kier molecular flexibility index (Phi) is 4.22. The number of pyridine rings is 1. The van der Waals surface area contributed by atoms with E-state index in [1.54, 1.807) is 6.92 Å². The number of carbonyl (C=O) groups excluding carboxylic acids is 1. The molecule has 0 radical (unpaired) electrons. The third kappa shape index (κ3) is 3.28. The predicted molar refractivity (Wildman–Crippen MR) is 61.0 cm³/mol. The first-order chi connectivity index (χ1) is 7.95. The third-order valence-corrected chi connectivity index (χ3v) is 2.23. The van der Waals surface area contributed by atoms with Crippen molar-refractivity contribution in [3.05, 3.63) is 27.4 Å². The SMILES string of the molecule is COC(=O)C(C)Nc1ncc([N+](=O)[O-])cc1Cl. The van der Waals surface area contributed by atoms with Crippen LogP contribution in [0.3, 0.4) is 0 Å². The summed E-state index contributed by atoms with van der Waals surface area (Å²) in [6, 6.07) is 0.507. The monoisotopic (exact) mass is 259 g/mol. The summed E-state index contributed by atoms with van der Waals surface area (Å²) < 4.78 is 4.51. The van der Waals surface area contributed by atoms with Crippen LogP contribution in [0, 0.1) is 10.1 Å². The Hall–Kier alpha value is -1.89. The fourth-order valence-corrected chi connectivity index (χ4v) is 1.29. The number of halogens is 1. The molecule has 0 saturated heterocycles. The fourth-order valence-electron chi connectivity index (χ4n) is 1.07. The summed E-state index contributed by atoms with van der Waals surface area (Å²) in [6.07, 6.45) is 1.05. The van der Waals surface area contributed by atoms with Crippen molar-refractivity contribution in [3.63, 3.8) is 0 Å². The van der Waals surface area contributed by atoms with Crippen molar-refractivity contribution < 1.29 is 14.5 Å². The summed E-state index contributed by atoms with van der Waals surface area (Å²) >= 11 is 5.78. The number of methoxy groups -OCH3 is 1. The molecule has 1 N–H and O–H groups in total. The van der Waals surface area contributed by atoms with Crippen LogP contribution in [0.15, 0.2) is 12.3 Å². The largest absolute Gasteiger partial charge is 0.467 e. The predicted octanol–water partition coefficient (Wildman–Crippen LogP) is 1.62. The molecule has 1 rings (SSSR count). The molecule has 1 atom stereocenters. The molecule has 0 spiro atoms. The van der Waals surface area contributed by atoms with Gasteiger partial charge in [0.2, 0.25) is 0 Å². The number of nitrogens with one attached hydrogen (secondary N) is 1. The maximum absolute atomic E-state index is 11.1. The van der Waals surface area contributed by atoms with Gasteiger partial charge < -0.3 is 10.1 Å². The number of nitro groups is 1. The molecule has 7 nitrogen and oxygen atoms in total. The normalized spacial score (nSPS) is 11.7. The Morgan fingerprint density at radius 3 is 2.82 bits per heavy atom. The second-order valence-corrected chi connectivity index (χ2v) is 3.58. The Morgan fingerprint density at radius 1 is 1.71 bits per heavy atom. The molecular weight excluding hydrogens is 250 g/mol. The quantitative estimate of drug-likeness (QED) is 0.501. The van der Waals surface area contributed by atoms with E-state index >= 15 is 0 Å². The molecule has 1 unspecified atom stereocenters. The molecule has 0 bridgehead atoms. The molecule has 1 heterocycles. The van der Waals surface area contributed by atoms with E-state index in [4.69, 9.17) is 11.6 Å². The standard InChI is InChI=1S/C9H10ClN3O4/c1-5(9(14)17-2)12-8-7(10)3-6(4-11-8)13(15)16/h3-5H,1-2H3,(H,11,12). The summed E-state index contributed by atoms with van der Waals surface area (Å²) in [6.45, 7) is 1.56. The van der Waals surface area contributed by atoms with Crippen molar-refractivity contribution >= 4 is 29.1 Å². The summed E-state index contributed by atoms with van der Waals surface area (Å²) in [5, 5.41) is 13.2. The van der Waals surface area contributed by atoms with Gasteiger partial charge in [0.05, 0.1) is 17.1 Å². The lowest BCUT2D eigenvalue weighted by Crippen LogP contribution is -2.27. The number of anilines is 1. The molecule has 0 aliphatic carbocycles. The van der Waals surface area contributed by atoms with E-state index in [1.165, 1.54) is 7.11 Å².